The van der Waals surface area contributed by atoms with E-state index in [0.29, 0.717) is 54.3 Å². The van der Waals surface area contributed by atoms with Gasteiger partial charge in [-0.15, -0.1) is 0 Å². The molecule has 0 spiro atoms. The van der Waals surface area contributed by atoms with Gasteiger partial charge in [0.25, 0.3) is 0 Å². The molecule has 2 aromatic heterocycles. The quantitative estimate of drug-likeness (QED) is 0.317. The van der Waals surface area contributed by atoms with Gasteiger partial charge in [-0.1, -0.05) is 60.1 Å². The highest BCUT2D eigenvalue weighted by molar-refractivity contribution is 6.33. The van der Waals surface area contributed by atoms with Gasteiger partial charge in [0.05, 0.1) is 23.3 Å². The first-order valence-corrected chi connectivity index (χ1v) is 11.6. The summed E-state index contributed by atoms with van der Waals surface area (Å²) >= 11 is 6.39. The molecule has 0 fully saturated rings. The molecule has 5 aromatic rings. The Morgan fingerprint density at radius 3 is 2.31 bits per heavy atom. The standard InChI is InChI=1S/C27H22ClF2N5/c28-20-5-3-7-22(30)25(20)27-33-23-15-32-24(13-12-19-4-1-2-6-21(19)29)34-26(23)35(27)16-18-10-8-17(14-31)9-11-18/h1-11,15H,12-14,16,31H2. The van der Waals surface area contributed by atoms with E-state index < -0.39 is 5.82 Å². The molecule has 2 N–H and O–H groups in total. The summed E-state index contributed by atoms with van der Waals surface area (Å²) < 4.78 is 30.8. The molecular weight excluding hydrogens is 468 g/mol. The van der Waals surface area contributed by atoms with E-state index >= 15 is 0 Å². The third-order valence-corrected chi connectivity index (χ3v) is 6.21. The van der Waals surface area contributed by atoms with Crippen LogP contribution >= 0.6 is 11.6 Å². The first-order valence-electron chi connectivity index (χ1n) is 11.2. The van der Waals surface area contributed by atoms with Crippen molar-refractivity contribution in [2.24, 2.45) is 5.73 Å². The topological polar surface area (TPSA) is 69.6 Å². The van der Waals surface area contributed by atoms with Crippen molar-refractivity contribution < 1.29 is 8.78 Å². The Balaban J connectivity index is 1.58. The van der Waals surface area contributed by atoms with Gasteiger partial charge in [-0.05, 0) is 41.3 Å². The van der Waals surface area contributed by atoms with Crippen molar-refractivity contribution in [2.45, 2.75) is 25.9 Å². The summed E-state index contributed by atoms with van der Waals surface area (Å²) in [5.41, 5.74) is 9.60. The predicted octanol–water partition coefficient (Wildman–Crippen LogP) is 5.72. The van der Waals surface area contributed by atoms with Gasteiger partial charge in [0, 0.05) is 13.0 Å². The second kappa shape index (κ2) is 9.90. The first kappa shape index (κ1) is 23.1. The van der Waals surface area contributed by atoms with Crippen LogP contribution in [0.4, 0.5) is 8.78 Å². The Morgan fingerprint density at radius 2 is 1.57 bits per heavy atom. The molecule has 5 rings (SSSR count). The lowest BCUT2D eigenvalue weighted by molar-refractivity contribution is 0.607. The number of benzene rings is 3. The van der Waals surface area contributed by atoms with Gasteiger partial charge >= 0.3 is 0 Å². The van der Waals surface area contributed by atoms with E-state index in [9.17, 15) is 8.78 Å². The molecule has 5 nitrogen and oxygen atoms in total. The van der Waals surface area contributed by atoms with Crippen LogP contribution in [-0.4, -0.2) is 19.5 Å². The van der Waals surface area contributed by atoms with E-state index in [-0.39, 0.29) is 16.4 Å². The van der Waals surface area contributed by atoms with Crippen molar-refractivity contribution in [3.8, 4) is 11.4 Å². The fraction of sp³-hybridized carbons (Fsp3) is 0.148. The van der Waals surface area contributed by atoms with E-state index in [0.717, 1.165) is 11.1 Å². The Morgan fingerprint density at radius 1 is 0.829 bits per heavy atom. The molecule has 0 bridgehead atoms. The second-order valence-corrected chi connectivity index (χ2v) is 8.63. The van der Waals surface area contributed by atoms with E-state index in [4.69, 9.17) is 22.3 Å². The number of nitrogens with zero attached hydrogens (tertiary/aromatic N) is 4. The maximum Gasteiger partial charge on any atom is 0.164 e. The minimum Gasteiger partial charge on any atom is -0.326 e. The summed E-state index contributed by atoms with van der Waals surface area (Å²) in [6, 6.07) is 19.1. The van der Waals surface area contributed by atoms with Crippen LogP contribution in [0.2, 0.25) is 5.02 Å². The molecule has 2 heterocycles. The maximum atomic E-state index is 14.9. The molecule has 35 heavy (non-hydrogen) atoms. The van der Waals surface area contributed by atoms with Gasteiger partial charge in [-0.2, -0.15) is 0 Å². The third kappa shape index (κ3) is 4.78. The van der Waals surface area contributed by atoms with Crippen molar-refractivity contribution in [1.29, 1.82) is 0 Å². The average Bonchev–Trinajstić information content (AvgIpc) is 3.21. The number of fused-ring (bicyclic) bond motifs is 1. The lowest BCUT2D eigenvalue weighted by Crippen LogP contribution is -2.07. The number of nitrogens with two attached hydrogens (primary N) is 1. The monoisotopic (exact) mass is 489 g/mol. The minimum absolute atomic E-state index is 0.207. The Labute approximate surface area is 206 Å². The zero-order chi connectivity index (χ0) is 24.4. The van der Waals surface area contributed by atoms with E-state index in [1.165, 1.54) is 12.1 Å². The number of imidazole rings is 1. The van der Waals surface area contributed by atoms with E-state index in [2.05, 4.69) is 9.97 Å². The van der Waals surface area contributed by atoms with Gasteiger partial charge in [-0.25, -0.2) is 23.7 Å². The number of rotatable bonds is 7. The number of hydrogen-bond donors (Lipinski definition) is 1. The average molecular weight is 490 g/mol. The van der Waals surface area contributed by atoms with Gasteiger partial charge in [0.1, 0.15) is 28.8 Å². The lowest BCUT2D eigenvalue weighted by Gasteiger charge is -2.12. The lowest BCUT2D eigenvalue weighted by atomic mass is 10.1. The molecule has 0 aliphatic carbocycles. The van der Waals surface area contributed by atoms with Crippen molar-refractivity contribution >= 4 is 22.8 Å². The molecule has 176 valence electrons. The van der Waals surface area contributed by atoms with Crippen LogP contribution in [0.3, 0.4) is 0 Å². The van der Waals surface area contributed by atoms with Crippen molar-refractivity contribution in [2.75, 3.05) is 0 Å². The zero-order valence-electron chi connectivity index (χ0n) is 18.8. The maximum absolute atomic E-state index is 14.9. The molecule has 0 unspecified atom stereocenters. The summed E-state index contributed by atoms with van der Waals surface area (Å²) in [7, 11) is 0. The minimum atomic E-state index is -0.472. The fourth-order valence-corrected chi connectivity index (χ4v) is 4.29. The normalized spacial score (nSPS) is 11.3. The smallest absolute Gasteiger partial charge is 0.164 e. The second-order valence-electron chi connectivity index (χ2n) is 8.23. The Kier molecular flexibility index (Phi) is 6.53. The van der Waals surface area contributed by atoms with Gasteiger partial charge in [0.15, 0.2) is 5.65 Å². The highest BCUT2D eigenvalue weighted by Gasteiger charge is 2.20. The predicted molar refractivity (Wildman–Crippen MR) is 133 cm³/mol. The van der Waals surface area contributed by atoms with Crippen molar-refractivity contribution in [3.05, 3.63) is 112 Å². The highest BCUT2D eigenvalue weighted by atomic mass is 35.5. The van der Waals surface area contributed by atoms with Crippen LogP contribution in [0.25, 0.3) is 22.6 Å². The molecule has 0 amide bonds. The fourth-order valence-electron chi connectivity index (χ4n) is 4.04. The molecule has 0 radical (unpaired) electrons. The zero-order valence-corrected chi connectivity index (χ0v) is 19.5. The van der Waals surface area contributed by atoms with Gasteiger partial charge < -0.3 is 10.3 Å². The summed E-state index contributed by atoms with van der Waals surface area (Å²) in [5, 5.41) is 0.257. The molecule has 0 aliphatic heterocycles. The van der Waals surface area contributed by atoms with Crippen molar-refractivity contribution in [3.63, 3.8) is 0 Å². The first-order chi connectivity index (χ1) is 17.0. The number of aromatic nitrogens is 4. The Hall–Kier alpha value is -3.68. The molecular formula is C27H22ClF2N5. The molecule has 0 saturated heterocycles. The molecule has 8 heteroatoms. The van der Waals surface area contributed by atoms with Crippen molar-refractivity contribution in [1.82, 2.24) is 19.5 Å². The summed E-state index contributed by atoms with van der Waals surface area (Å²) in [5.74, 6) is 0.189. The largest absolute Gasteiger partial charge is 0.326 e. The van der Waals surface area contributed by atoms with Crippen LogP contribution in [0.5, 0.6) is 0 Å². The van der Waals surface area contributed by atoms with Crippen LogP contribution in [0.15, 0.2) is 72.9 Å². The number of hydrogen-bond acceptors (Lipinski definition) is 4. The highest BCUT2D eigenvalue weighted by Crippen LogP contribution is 2.32. The van der Waals surface area contributed by atoms with E-state index in [1.807, 2.05) is 28.8 Å². The molecule has 0 aliphatic rings. The van der Waals surface area contributed by atoms with Crippen LogP contribution in [0, 0.1) is 11.6 Å². The summed E-state index contributed by atoms with van der Waals surface area (Å²) in [4.78, 5) is 13.8. The molecule has 0 atom stereocenters. The number of halogens is 3. The third-order valence-electron chi connectivity index (χ3n) is 5.90. The van der Waals surface area contributed by atoms with Gasteiger partial charge in [-0.3, -0.25) is 0 Å². The van der Waals surface area contributed by atoms with Crippen LogP contribution < -0.4 is 5.73 Å². The summed E-state index contributed by atoms with van der Waals surface area (Å²) in [6.45, 7) is 0.841. The summed E-state index contributed by atoms with van der Waals surface area (Å²) in [6.07, 6.45) is 2.52. The molecule has 0 saturated carbocycles. The number of aryl methyl sites for hydroxylation is 2. The van der Waals surface area contributed by atoms with Crippen LogP contribution in [0.1, 0.15) is 22.5 Å². The molecule has 3 aromatic carbocycles. The van der Waals surface area contributed by atoms with E-state index in [1.54, 1.807) is 36.5 Å². The SMILES string of the molecule is NCc1ccc(Cn2c(-c3c(F)cccc3Cl)nc3cnc(CCc4ccccc4F)nc32)cc1. The van der Waals surface area contributed by atoms with Gasteiger partial charge in [0.2, 0.25) is 0 Å². The Bertz CT molecular complexity index is 1480. The van der Waals surface area contributed by atoms with Crippen LogP contribution in [-0.2, 0) is 25.9 Å².